The van der Waals surface area contributed by atoms with Crippen LogP contribution in [0.15, 0.2) is 24.3 Å². The van der Waals surface area contributed by atoms with Crippen LogP contribution in [0.5, 0.6) is 0 Å². The minimum absolute atomic E-state index is 0.0817. The molecular weight excluding hydrogens is 384 g/mol. The molecule has 4 nitrogen and oxygen atoms in total. The lowest BCUT2D eigenvalue weighted by Gasteiger charge is -2.13. The molecule has 0 spiro atoms. The number of rotatable bonds is 10. The van der Waals surface area contributed by atoms with Gasteiger partial charge in [-0.3, -0.25) is 9.59 Å². The first-order valence-corrected chi connectivity index (χ1v) is 11.4. The summed E-state index contributed by atoms with van der Waals surface area (Å²) in [7, 11) is 0. The normalized spacial score (nSPS) is 10.8. The smallest absolute Gasteiger partial charge is 0.224 e. The van der Waals surface area contributed by atoms with Crippen molar-refractivity contribution in [3.05, 3.63) is 57.6 Å². The number of carbonyl (C=O) groups excluding carboxylic acids is 2. The average Bonchev–Trinajstić information content (AvgIpc) is 2.66. The molecule has 0 bridgehead atoms. The largest absolute Gasteiger partial charge is 0.326 e. The molecule has 0 saturated heterocycles. The maximum Gasteiger partial charge on any atom is 0.224 e. The number of amides is 2. The van der Waals surface area contributed by atoms with Crippen LogP contribution in [0.3, 0.4) is 0 Å². The summed E-state index contributed by atoms with van der Waals surface area (Å²) >= 11 is 0. The van der Waals surface area contributed by atoms with Crippen molar-refractivity contribution in [3.8, 4) is 0 Å². The Morgan fingerprint density at radius 3 is 1.16 bits per heavy atom. The van der Waals surface area contributed by atoms with Crippen molar-refractivity contribution in [2.75, 3.05) is 10.6 Å². The van der Waals surface area contributed by atoms with Crippen molar-refractivity contribution in [1.29, 1.82) is 0 Å². The van der Waals surface area contributed by atoms with E-state index in [9.17, 15) is 9.59 Å². The number of carbonyl (C=O) groups is 2. The zero-order valence-corrected chi connectivity index (χ0v) is 20.1. The molecule has 0 heterocycles. The molecule has 2 N–H and O–H groups in total. The van der Waals surface area contributed by atoms with Gasteiger partial charge in [-0.15, -0.1) is 0 Å². The fraction of sp³-hybridized carbons (Fsp3) is 0.481. The van der Waals surface area contributed by atoms with Crippen LogP contribution in [0.2, 0.25) is 0 Å². The fourth-order valence-electron chi connectivity index (χ4n) is 4.26. The maximum absolute atomic E-state index is 12.3. The highest BCUT2D eigenvalue weighted by Crippen LogP contribution is 2.23. The quantitative estimate of drug-likeness (QED) is 0.412. The molecule has 4 heteroatoms. The number of aryl methyl sites for hydroxylation is 6. The summed E-state index contributed by atoms with van der Waals surface area (Å²) in [4.78, 5) is 24.5. The van der Waals surface area contributed by atoms with Crippen molar-refractivity contribution in [2.45, 2.75) is 86.5 Å². The Morgan fingerprint density at radius 2 is 0.839 bits per heavy atom. The van der Waals surface area contributed by atoms with Gasteiger partial charge in [-0.2, -0.15) is 0 Å². The number of unbranched alkanes of at least 4 members (excludes halogenated alkanes) is 4. The summed E-state index contributed by atoms with van der Waals surface area (Å²) in [5, 5.41) is 6.13. The minimum atomic E-state index is 0.0817. The van der Waals surface area contributed by atoms with Crippen LogP contribution in [-0.2, 0) is 9.59 Å². The van der Waals surface area contributed by atoms with Gasteiger partial charge in [0.25, 0.3) is 0 Å². The van der Waals surface area contributed by atoms with Crippen LogP contribution in [0.1, 0.15) is 78.3 Å². The van der Waals surface area contributed by atoms with E-state index in [2.05, 4.69) is 48.7 Å². The molecule has 0 aliphatic rings. The van der Waals surface area contributed by atoms with E-state index in [-0.39, 0.29) is 11.8 Å². The van der Waals surface area contributed by atoms with Gasteiger partial charge in [0.15, 0.2) is 0 Å². The highest BCUT2D eigenvalue weighted by atomic mass is 16.2. The predicted octanol–water partition coefficient (Wildman–Crippen LogP) is 6.85. The van der Waals surface area contributed by atoms with Crippen molar-refractivity contribution in [1.82, 2.24) is 0 Å². The lowest BCUT2D eigenvalue weighted by molar-refractivity contribution is -0.117. The van der Waals surface area contributed by atoms with Crippen LogP contribution in [0, 0.1) is 41.5 Å². The number of nitrogens with one attached hydrogen (secondary N) is 2. The van der Waals surface area contributed by atoms with Crippen molar-refractivity contribution in [2.24, 2.45) is 0 Å². The Bertz CT molecular complexity index is 809. The topological polar surface area (TPSA) is 58.2 Å². The number of anilines is 2. The zero-order chi connectivity index (χ0) is 23.0. The van der Waals surface area contributed by atoms with Gasteiger partial charge >= 0.3 is 0 Å². The summed E-state index contributed by atoms with van der Waals surface area (Å²) in [5.41, 5.74) is 8.76. The van der Waals surface area contributed by atoms with Crippen molar-refractivity contribution in [3.63, 3.8) is 0 Å². The van der Waals surface area contributed by atoms with Gasteiger partial charge in [-0.1, -0.05) is 54.7 Å². The second kappa shape index (κ2) is 11.7. The van der Waals surface area contributed by atoms with Crippen molar-refractivity contribution >= 4 is 23.2 Å². The van der Waals surface area contributed by atoms with Gasteiger partial charge in [0.05, 0.1) is 0 Å². The Morgan fingerprint density at radius 1 is 0.548 bits per heavy atom. The van der Waals surface area contributed by atoms with E-state index in [1.54, 1.807) is 0 Å². The first kappa shape index (κ1) is 24.6. The Kier molecular flexibility index (Phi) is 9.29. The van der Waals surface area contributed by atoms with E-state index in [0.717, 1.165) is 65.7 Å². The third-order valence-electron chi connectivity index (χ3n) is 5.69. The Balaban J connectivity index is 1.61. The molecule has 0 unspecified atom stereocenters. The highest BCUT2D eigenvalue weighted by Gasteiger charge is 2.09. The van der Waals surface area contributed by atoms with Gasteiger partial charge in [-0.05, 0) is 76.6 Å². The summed E-state index contributed by atoms with van der Waals surface area (Å²) in [6.45, 7) is 12.3. The first-order valence-electron chi connectivity index (χ1n) is 11.4. The summed E-state index contributed by atoms with van der Waals surface area (Å²) in [5.74, 6) is 0.163. The monoisotopic (exact) mass is 422 g/mol. The molecule has 2 rings (SSSR count). The number of hydrogen-bond acceptors (Lipinski definition) is 2. The maximum atomic E-state index is 12.3. The SMILES string of the molecule is Cc1cc(C)c(NC(=O)CCCCCCCC(=O)Nc2c(C)cc(C)cc2C)c(C)c1. The Hall–Kier alpha value is -2.62. The van der Waals surface area contributed by atoms with Gasteiger partial charge < -0.3 is 10.6 Å². The molecule has 0 radical (unpaired) electrons. The van der Waals surface area contributed by atoms with E-state index in [1.165, 1.54) is 11.1 Å². The first-order chi connectivity index (χ1) is 14.7. The molecule has 2 amide bonds. The molecule has 0 aromatic heterocycles. The van der Waals surface area contributed by atoms with Gasteiger partial charge in [0.2, 0.25) is 11.8 Å². The molecule has 168 valence electrons. The second-order valence-corrected chi connectivity index (χ2v) is 8.91. The predicted molar refractivity (Wildman–Crippen MR) is 131 cm³/mol. The third-order valence-corrected chi connectivity index (χ3v) is 5.69. The van der Waals surface area contributed by atoms with Crippen LogP contribution >= 0.6 is 0 Å². The minimum Gasteiger partial charge on any atom is -0.326 e. The van der Waals surface area contributed by atoms with Crippen LogP contribution in [0.4, 0.5) is 11.4 Å². The van der Waals surface area contributed by atoms with Gasteiger partial charge in [0, 0.05) is 24.2 Å². The molecule has 0 aliphatic carbocycles. The zero-order valence-electron chi connectivity index (χ0n) is 20.1. The van der Waals surface area contributed by atoms with Crippen LogP contribution in [-0.4, -0.2) is 11.8 Å². The summed E-state index contributed by atoms with van der Waals surface area (Å²) < 4.78 is 0. The molecule has 0 saturated carbocycles. The molecule has 31 heavy (non-hydrogen) atoms. The third kappa shape index (κ3) is 7.86. The van der Waals surface area contributed by atoms with Gasteiger partial charge in [0.1, 0.15) is 0 Å². The standard InChI is InChI=1S/C27H38N2O2/c1-18-14-20(3)26(21(4)15-18)28-24(30)12-10-8-7-9-11-13-25(31)29-27-22(5)16-19(2)17-23(27)6/h14-17H,7-13H2,1-6H3,(H,28,30)(H,29,31). The molecule has 2 aromatic carbocycles. The van der Waals surface area contributed by atoms with E-state index < -0.39 is 0 Å². The highest BCUT2D eigenvalue weighted by molar-refractivity contribution is 5.93. The molecule has 0 atom stereocenters. The van der Waals surface area contributed by atoms with E-state index in [1.807, 2.05) is 27.7 Å². The van der Waals surface area contributed by atoms with E-state index >= 15 is 0 Å². The lowest BCUT2D eigenvalue weighted by atomic mass is 10.0. The van der Waals surface area contributed by atoms with E-state index in [0.29, 0.717) is 12.8 Å². The lowest BCUT2D eigenvalue weighted by Crippen LogP contribution is -2.13. The van der Waals surface area contributed by atoms with Crippen LogP contribution < -0.4 is 10.6 Å². The summed E-state index contributed by atoms with van der Waals surface area (Å²) in [6, 6.07) is 8.39. The average molecular weight is 423 g/mol. The van der Waals surface area contributed by atoms with Crippen molar-refractivity contribution < 1.29 is 9.59 Å². The molecule has 0 fully saturated rings. The molecular formula is C27H38N2O2. The molecule has 2 aromatic rings. The van der Waals surface area contributed by atoms with Crippen LogP contribution in [0.25, 0.3) is 0 Å². The second-order valence-electron chi connectivity index (χ2n) is 8.91. The fourth-order valence-corrected chi connectivity index (χ4v) is 4.26. The number of benzene rings is 2. The summed E-state index contributed by atoms with van der Waals surface area (Å²) in [6.07, 6.45) is 5.91. The number of hydrogen-bond donors (Lipinski definition) is 2. The molecule has 0 aliphatic heterocycles. The Labute approximate surface area is 187 Å². The van der Waals surface area contributed by atoms with E-state index in [4.69, 9.17) is 0 Å². The van der Waals surface area contributed by atoms with Gasteiger partial charge in [-0.25, -0.2) is 0 Å².